The summed E-state index contributed by atoms with van der Waals surface area (Å²) < 4.78 is 6.24. The molecule has 0 radical (unpaired) electrons. The molecule has 1 amide bonds. The largest absolute Gasteiger partial charge is 0.507 e. The molecule has 36 heavy (non-hydrogen) atoms. The van der Waals surface area contributed by atoms with Crippen molar-refractivity contribution in [3.63, 3.8) is 0 Å². The number of ether oxygens (including phenoxy) is 1. The molecule has 2 aromatic carbocycles. The van der Waals surface area contributed by atoms with Gasteiger partial charge in [-0.1, -0.05) is 35.6 Å². The fraction of sp³-hybridized carbons (Fsp3) is 0.111. The zero-order valence-corrected chi connectivity index (χ0v) is 20.2. The molecule has 1 fully saturated rings. The first kappa shape index (κ1) is 22.0. The Kier molecular flexibility index (Phi) is 5.08. The van der Waals surface area contributed by atoms with Crippen molar-refractivity contribution in [1.82, 2.24) is 15.0 Å². The highest BCUT2D eigenvalue weighted by Gasteiger charge is 2.49. The summed E-state index contributed by atoms with van der Waals surface area (Å²) in [5.74, 6) is -1.11. The number of hydrogen-bond acceptors (Lipinski definition) is 7. The van der Waals surface area contributed by atoms with Gasteiger partial charge in [0.25, 0.3) is 5.78 Å². The number of benzene rings is 2. The molecule has 0 aliphatic carbocycles. The quantitative estimate of drug-likeness (QED) is 0.203. The number of rotatable bonds is 4. The van der Waals surface area contributed by atoms with Gasteiger partial charge in [0.2, 0.25) is 0 Å². The first-order chi connectivity index (χ1) is 17.5. The summed E-state index contributed by atoms with van der Waals surface area (Å²) in [5, 5.41) is 12.5. The van der Waals surface area contributed by atoms with Crippen LogP contribution in [-0.4, -0.2) is 38.9 Å². The van der Waals surface area contributed by atoms with E-state index in [2.05, 4.69) is 15.0 Å². The number of methoxy groups -OCH3 is 1. The lowest BCUT2D eigenvalue weighted by Crippen LogP contribution is -2.29. The molecule has 178 valence electrons. The smallest absolute Gasteiger partial charge is 0.301 e. The summed E-state index contributed by atoms with van der Waals surface area (Å²) in [4.78, 5) is 40.4. The van der Waals surface area contributed by atoms with E-state index >= 15 is 0 Å². The number of pyridine rings is 1. The molecule has 1 atom stereocenters. The standard InChI is InChI=1S/C27H20N4O4S/c1-14-11-19-21(12-20(14)35-2)36-27(30-19)31-23(18-9-5-6-10-28-18)22(25(33)26(31)34)24(32)16-13-29-17-8-4-3-7-15(16)17/h3-13,23,29,32H,1-2H3/b24-22+. The van der Waals surface area contributed by atoms with Crippen molar-refractivity contribution in [2.45, 2.75) is 13.0 Å². The fourth-order valence-electron chi connectivity index (χ4n) is 4.63. The van der Waals surface area contributed by atoms with Gasteiger partial charge in [-0.2, -0.15) is 0 Å². The highest BCUT2D eigenvalue weighted by molar-refractivity contribution is 7.22. The maximum Gasteiger partial charge on any atom is 0.301 e. The summed E-state index contributed by atoms with van der Waals surface area (Å²) in [6, 6.07) is 15.5. The van der Waals surface area contributed by atoms with Gasteiger partial charge in [0, 0.05) is 28.9 Å². The van der Waals surface area contributed by atoms with Crippen LogP contribution in [0.5, 0.6) is 5.75 Å². The van der Waals surface area contributed by atoms with Crippen molar-refractivity contribution in [2.24, 2.45) is 0 Å². The third kappa shape index (κ3) is 3.28. The van der Waals surface area contributed by atoms with Crippen molar-refractivity contribution >= 4 is 55.0 Å². The van der Waals surface area contributed by atoms with E-state index in [1.165, 1.54) is 16.2 Å². The molecule has 0 saturated carbocycles. The number of nitrogens with one attached hydrogen (secondary N) is 1. The lowest BCUT2D eigenvalue weighted by molar-refractivity contribution is -0.132. The summed E-state index contributed by atoms with van der Waals surface area (Å²) in [5.41, 5.74) is 3.26. The van der Waals surface area contributed by atoms with Crippen molar-refractivity contribution < 1.29 is 19.4 Å². The molecule has 1 aliphatic rings. The molecule has 5 aromatic rings. The van der Waals surface area contributed by atoms with Gasteiger partial charge < -0.3 is 14.8 Å². The Morgan fingerprint density at radius 2 is 1.94 bits per heavy atom. The number of aliphatic hydroxyl groups excluding tert-OH is 1. The van der Waals surface area contributed by atoms with E-state index < -0.39 is 17.7 Å². The number of amides is 1. The molecule has 1 unspecified atom stereocenters. The predicted molar refractivity (Wildman–Crippen MR) is 138 cm³/mol. The van der Waals surface area contributed by atoms with Crippen LogP contribution in [0, 0.1) is 6.92 Å². The Morgan fingerprint density at radius 3 is 2.72 bits per heavy atom. The number of Topliss-reactive ketones (excluding diaryl/α,β-unsaturated/α-hetero) is 1. The molecule has 1 saturated heterocycles. The monoisotopic (exact) mass is 496 g/mol. The number of aromatic amines is 1. The van der Waals surface area contributed by atoms with Gasteiger partial charge in [-0.05, 0) is 42.8 Å². The molecule has 0 bridgehead atoms. The maximum atomic E-state index is 13.4. The SMILES string of the molecule is COc1cc2sc(N3C(=O)C(=O)/C(=C(/O)c4c[nH]c5ccccc45)C3c3ccccn3)nc2cc1C. The minimum Gasteiger partial charge on any atom is -0.507 e. The van der Waals surface area contributed by atoms with E-state index in [9.17, 15) is 14.7 Å². The molecule has 9 heteroatoms. The number of hydrogen-bond donors (Lipinski definition) is 2. The van der Waals surface area contributed by atoms with Gasteiger partial charge in [0.15, 0.2) is 5.13 Å². The topological polar surface area (TPSA) is 108 Å². The van der Waals surface area contributed by atoms with E-state index in [-0.39, 0.29) is 11.3 Å². The molecule has 2 N–H and O–H groups in total. The number of para-hydroxylation sites is 1. The van der Waals surface area contributed by atoms with Gasteiger partial charge in [0.05, 0.1) is 28.6 Å². The number of ketones is 1. The van der Waals surface area contributed by atoms with Crippen molar-refractivity contribution in [3.8, 4) is 5.75 Å². The number of aryl methyl sites for hydroxylation is 1. The van der Waals surface area contributed by atoms with Crippen molar-refractivity contribution in [1.29, 1.82) is 0 Å². The predicted octanol–water partition coefficient (Wildman–Crippen LogP) is 5.12. The zero-order valence-electron chi connectivity index (χ0n) is 19.4. The fourth-order valence-corrected chi connectivity index (χ4v) is 5.63. The Balaban J connectivity index is 1.57. The van der Waals surface area contributed by atoms with Gasteiger partial charge in [0.1, 0.15) is 17.6 Å². The van der Waals surface area contributed by atoms with Crippen LogP contribution in [0.4, 0.5) is 5.13 Å². The van der Waals surface area contributed by atoms with E-state index in [1.807, 2.05) is 43.3 Å². The summed E-state index contributed by atoms with van der Waals surface area (Å²) >= 11 is 1.27. The number of carbonyl (C=O) groups is 2. The van der Waals surface area contributed by atoms with Crippen LogP contribution < -0.4 is 9.64 Å². The minimum atomic E-state index is -0.941. The first-order valence-electron chi connectivity index (χ1n) is 11.2. The number of H-pyrrole nitrogens is 1. The number of aliphatic hydroxyl groups is 1. The number of carbonyl (C=O) groups excluding carboxylic acids is 2. The Labute approximate surface area is 209 Å². The van der Waals surface area contributed by atoms with E-state index in [1.54, 1.807) is 37.7 Å². The van der Waals surface area contributed by atoms with Crippen LogP contribution in [0.3, 0.4) is 0 Å². The van der Waals surface area contributed by atoms with E-state index in [0.29, 0.717) is 27.7 Å². The van der Waals surface area contributed by atoms with Gasteiger partial charge in [-0.3, -0.25) is 19.5 Å². The lowest BCUT2D eigenvalue weighted by atomic mass is 9.98. The van der Waals surface area contributed by atoms with Crippen molar-refractivity contribution in [3.05, 3.63) is 89.4 Å². The van der Waals surface area contributed by atoms with Crippen LogP contribution in [0.25, 0.3) is 26.9 Å². The summed E-state index contributed by atoms with van der Waals surface area (Å²) in [6.07, 6.45) is 3.23. The second-order valence-electron chi connectivity index (χ2n) is 8.46. The highest BCUT2D eigenvalue weighted by atomic mass is 32.1. The summed E-state index contributed by atoms with van der Waals surface area (Å²) in [6.45, 7) is 1.92. The maximum absolute atomic E-state index is 13.4. The van der Waals surface area contributed by atoms with Crippen LogP contribution >= 0.6 is 11.3 Å². The third-order valence-electron chi connectivity index (χ3n) is 6.36. The number of nitrogens with zero attached hydrogens (tertiary/aromatic N) is 3. The van der Waals surface area contributed by atoms with Crippen LogP contribution in [0.2, 0.25) is 0 Å². The molecule has 3 aromatic heterocycles. The van der Waals surface area contributed by atoms with E-state index in [0.717, 1.165) is 21.2 Å². The molecule has 6 rings (SSSR count). The van der Waals surface area contributed by atoms with Crippen LogP contribution in [0.15, 0.2) is 72.6 Å². The molecular weight excluding hydrogens is 476 g/mol. The van der Waals surface area contributed by atoms with Gasteiger partial charge >= 0.3 is 5.91 Å². The van der Waals surface area contributed by atoms with Crippen molar-refractivity contribution in [2.75, 3.05) is 12.0 Å². The third-order valence-corrected chi connectivity index (χ3v) is 7.37. The first-order valence-corrected chi connectivity index (χ1v) is 12.0. The van der Waals surface area contributed by atoms with Gasteiger partial charge in [-0.15, -0.1) is 0 Å². The zero-order chi connectivity index (χ0) is 25.0. The normalized spacial score (nSPS) is 17.4. The Bertz CT molecular complexity index is 1700. The molecular formula is C27H20N4O4S. The lowest BCUT2D eigenvalue weighted by Gasteiger charge is -2.21. The van der Waals surface area contributed by atoms with Crippen LogP contribution in [0.1, 0.15) is 22.9 Å². The average molecular weight is 497 g/mol. The number of anilines is 1. The second kappa shape index (κ2) is 8.31. The number of aromatic nitrogens is 3. The van der Waals surface area contributed by atoms with E-state index in [4.69, 9.17) is 4.74 Å². The average Bonchev–Trinajstić information content (AvgIpc) is 3.57. The molecule has 1 aliphatic heterocycles. The number of fused-ring (bicyclic) bond motifs is 2. The molecule has 4 heterocycles. The minimum absolute atomic E-state index is 0.0310. The second-order valence-corrected chi connectivity index (χ2v) is 9.47. The van der Waals surface area contributed by atoms with Gasteiger partial charge in [-0.25, -0.2) is 4.98 Å². The number of thiazole rings is 1. The Morgan fingerprint density at radius 1 is 1.14 bits per heavy atom. The summed E-state index contributed by atoms with van der Waals surface area (Å²) in [7, 11) is 1.60. The highest BCUT2D eigenvalue weighted by Crippen LogP contribution is 2.45. The Hall–Kier alpha value is -4.50. The van der Waals surface area contributed by atoms with Crippen LogP contribution in [-0.2, 0) is 9.59 Å². The molecule has 8 nitrogen and oxygen atoms in total. The molecule has 0 spiro atoms.